The van der Waals surface area contributed by atoms with Crippen LogP contribution in [0.15, 0.2) is 78.9 Å². The molecular weight excluding hydrogens is 399 g/mol. The Balaban J connectivity index is 1.57. The van der Waals surface area contributed by atoms with Gasteiger partial charge in [-0.3, -0.25) is 14.4 Å². The van der Waals surface area contributed by atoms with Crippen LogP contribution >= 0.6 is 0 Å². The maximum Gasteiger partial charge on any atom is 0.266 e. The number of methoxy groups -OCH3 is 1. The van der Waals surface area contributed by atoms with Crippen LogP contribution in [0.25, 0.3) is 0 Å². The zero-order chi connectivity index (χ0) is 21.5. The maximum atomic E-state index is 13.6. The van der Waals surface area contributed by atoms with Crippen LogP contribution in [-0.4, -0.2) is 25.0 Å². The van der Waals surface area contributed by atoms with Crippen LogP contribution < -0.4 is 14.7 Å². The van der Waals surface area contributed by atoms with Gasteiger partial charge in [0.1, 0.15) is 17.5 Å². The van der Waals surface area contributed by atoms with Gasteiger partial charge in [0.05, 0.1) is 24.5 Å². The summed E-state index contributed by atoms with van der Waals surface area (Å²) in [5, 5.41) is 1.58. The van der Waals surface area contributed by atoms with Crippen molar-refractivity contribution >= 4 is 23.2 Å². The van der Waals surface area contributed by atoms with E-state index in [0.29, 0.717) is 22.7 Å². The number of carbonyl (C=O) groups is 2. The summed E-state index contributed by atoms with van der Waals surface area (Å²) in [4.78, 5) is 34.0. The van der Waals surface area contributed by atoms with Crippen LogP contribution in [0.3, 0.4) is 0 Å². The molecule has 0 saturated carbocycles. The highest BCUT2D eigenvalue weighted by molar-refractivity contribution is 6.24. The first-order chi connectivity index (χ1) is 15.1. The Morgan fingerprint density at radius 2 is 1.58 bits per heavy atom. The minimum atomic E-state index is -0.978. The zero-order valence-electron chi connectivity index (χ0n) is 16.6. The minimum absolute atomic E-state index is 0.365. The largest absolute Gasteiger partial charge is 0.497 e. The van der Waals surface area contributed by atoms with E-state index in [1.807, 2.05) is 30.3 Å². The highest BCUT2D eigenvalue weighted by Gasteiger charge is 2.60. The van der Waals surface area contributed by atoms with Crippen molar-refractivity contribution in [1.29, 1.82) is 0 Å². The summed E-state index contributed by atoms with van der Waals surface area (Å²) >= 11 is 0. The lowest BCUT2D eigenvalue weighted by molar-refractivity contribution is -0.126. The zero-order valence-corrected chi connectivity index (χ0v) is 16.6. The van der Waals surface area contributed by atoms with E-state index in [1.54, 1.807) is 41.5 Å². The molecule has 6 nitrogen and oxygen atoms in total. The van der Waals surface area contributed by atoms with Gasteiger partial charge in [-0.05, 0) is 42.0 Å². The second-order valence-corrected chi connectivity index (χ2v) is 7.42. The highest BCUT2D eigenvalue weighted by atomic mass is 19.1. The van der Waals surface area contributed by atoms with Crippen molar-refractivity contribution in [3.05, 3.63) is 90.2 Å². The van der Waals surface area contributed by atoms with Gasteiger partial charge in [-0.2, -0.15) is 0 Å². The fourth-order valence-electron chi connectivity index (χ4n) is 4.22. The number of para-hydroxylation sites is 1. The molecule has 5 rings (SSSR count). The smallest absolute Gasteiger partial charge is 0.266 e. The van der Waals surface area contributed by atoms with Crippen LogP contribution in [0, 0.1) is 11.7 Å². The van der Waals surface area contributed by atoms with Gasteiger partial charge in [-0.25, -0.2) is 14.4 Å². The van der Waals surface area contributed by atoms with Crippen molar-refractivity contribution in [2.45, 2.75) is 12.1 Å². The predicted molar refractivity (Wildman–Crippen MR) is 112 cm³/mol. The third-order valence-corrected chi connectivity index (χ3v) is 5.65. The Morgan fingerprint density at radius 3 is 2.29 bits per heavy atom. The van der Waals surface area contributed by atoms with E-state index in [2.05, 4.69) is 0 Å². The van der Waals surface area contributed by atoms with Gasteiger partial charge in [0.15, 0.2) is 6.10 Å². The number of imide groups is 1. The molecule has 156 valence electrons. The first-order valence-electron chi connectivity index (χ1n) is 9.87. The average Bonchev–Trinajstić information content (AvgIpc) is 3.31. The SMILES string of the molecule is COc1cccc(N2C(=O)[C@H]3[C@H](ON(c4ccccc4)[C@H]3c3ccc(F)cc3)C2=O)c1. The molecule has 7 heteroatoms. The average molecular weight is 418 g/mol. The molecule has 0 spiro atoms. The molecular formula is C24H19FN2O4. The summed E-state index contributed by atoms with van der Waals surface area (Å²) in [5.74, 6) is -1.41. The number of anilines is 2. The Labute approximate surface area is 178 Å². The Bertz CT molecular complexity index is 1140. The highest BCUT2D eigenvalue weighted by Crippen LogP contribution is 2.47. The van der Waals surface area contributed by atoms with Crippen molar-refractivity contribution in [2.24, 2.45) is 5.92 Å². The fraction of sp³-hybridized carbons (Fsp3) is 0.167. The molecule has 3 atom stereocenters. The number of amides is 2. The number of hydrogen-bond donors (Lipinski definition) is 0. The first kappa shape index (κ1) is 19.3. The molecule has 0 N–H and O–H groups in total. The quantitative estimate of drug-likeness (QED) is 0.602. The number of rotatable bonds is 4. The summed E-state index contributed by atoms with van der Waals surface area (Å²) in [6.07, 6.45) is -0.978. The normalized spacial score (nSPS) is 22.7. The number of hydroxylamine groups is 1. The minimum Gasteiger partial charge on any atom is -0.497 e. The number of fused-ring (bicyclic) bond motifs is 1. The van der Waals surface area contributed by atoms with Crippen LogP contribution in [-0.2, 0) is 14.4 Å². The number of halogens is 1. The van der Waals surface area contributed by atoms with Crippen LogP contribution in [0.2, 0.25) is 0 Å². The summed E-state index contributed by atoms with van der Waals surface area (Å²) in [6, 6.07) is 21.4. The third kappa shape index (κ3) is 3.14. The van der Waals surface area contributed by atoms with Crippen molar-refractivity contribution in [1.82, 2.24) is 0 Å². The van der Waals surface area contributed by atoms with Crippen molar-refractivity contribution in [3.8, 4) is 5.75 Å². The lowest BCUT2D eigenvalue weighted by Crippen LogP contribution is -2.37. The molecule has 3 aromatic rings. The number of nitrogens with zero attached hydrogens (tertiary/aromatic N) is 2. The Kier molecular flexibility index (Phi) is 4.67. The molecule has 0 aromatic heterocycles. The molecule has 2 saturated heterocycles. The van der Waals surface area contributed by atoms with E-state index in [1.165, 1.54) is 19.2 Å². The number of benzene rings is 3. The molecule has 0 aliphatic carbocycles. The second-order valence-electron chi connectivity index (χ2n) is 7.42. The van der Waals surface area contributed by atoms with E-state index < -0.39 is 24.0 Å². The predicted octanol–water partition coefficient (Wildman–Crippen LogP) is 3.89. The topological polar surface area (TPSA) is 59.1 Å². The standard InChI is InChI=1S/C24H19FN2O4/c1-30-19-9-5-8-18(14-19)26-23(28)20-21(15-10-12-16(25)13-11-15)27(31-22(20)24(26)29)17-6-3-2-4-7-17/h2-14,20-22H,1H3/t20-,21+,22+/m1/s1. The molecule has 0 unspecified atom stereocenters. The maximum absolute atomic E-state index is 13.6. The van der Waals surface area contributed by atoms with E-state index >= 15 is 0 Å². The van der Waals surface area contributed by atoms with Gasteiger partial charge < -0.3 is 4.74 Å². The molecule has 2 aliphatic heterocycles. The van der Waals surface area contributed by atoms with Crippen molar-refractivity contribution < 1.29 is 23.6 Å². The van der Waals surface area contributed by atoms with E-state index in [0.717, 1.165) is 4.90 Å². The summed E-state index contributed by atoms with van der Waals surface area (Å²) in [7, 11) is 1.52. The lowest BCUT2D eigenvalue weighted by atomic mass is 9.90. The van der Waals surface area contributed by atoms with Crippen LogP contribution in [0.5, 0.6) is 5.75 Å². The molecule has 0 radical (unpaired) electrons. The summed E-state index contributed by atoms with van der Waals surface area (Å²) < 4.78 is 18.8. The molecule has 2 aliphatic rings. The summed E-state index contributed by atoms with van der Waals surface area (Å²) in [5.41, 5.74) is 1.82. The van der Waals surface area contributed by atoms with E-state index in [4.69, 9.17) is 9.57 Å². The second kappa shape index (κ2) is 7.52. The molecule has 31 heavy (non-hydrogen) atoms. The Hall–Kier alpha value is -3.71. The van der Waals surface area contributed by atoms with Gasteiger partial charge in [-0.15, -0.1) is 0 Å². The molecule has 2 fully saturated rings. The van der Waals surface area contributed by atoms with Gasteiger partial charge >= 0.3 is 0 Å². The monoisotopic (exact) mass is 418 g/mol. The number of hydrogen-bond acceptors (Lipinski definition) is 5. The summed E-state index contributed by atoms with van der Waals surface area (Å²) in [6.45, 7) is 0. The van der Waals surface area contributed by atoms with Crippen LogP contribution in [0.1, 0.15) is 11.6 Å². The molecule has 3 aromatic carbocycles. The molecule has 2 amide bonds. The lowest BCUT2D eigenvalue weighted by Gasteiger charge is -2.28. The van der Waals surface area contributed by atoms with Gasteiger partial charge in [0.25, 0.3) is 5.91 Å². The van der Waals surface area contributed by atoms with Gasteiger partial charge in [0, 0.05) is 6.07 Å². The van der Waals surface area contributed by atoms with Crippen LogP contribution in [0.4, 0.5) is 15.8 Å². The molecule has 0 bridgehead atoms. The van der Waals surface area contributed by atoms with Crippen molar-refractivity contribution in [3.63, 3.8) is 0 Å². The fourth-order valence-corrected chi connectivity index (χ4v) is 4.22. The molecule has 2 heterocycles. The van der Waals surface area contributed by atoms with Gasteiger partial charge in [0.2, 0.25) is 5.91 Å². The Morgan fingerprint density at radius 1 is 0.871 bits per heavy atom. The van der Waals surface area contributed by atoms with Gasteiger partial charge in [-0.1, -0.05) is 36.4 Å². The number of carbonyl (C=O) groups excluding carboxylic acids is 2. The number of ether oxygens (including phenoxy) is 1. The first-order valence-corrected chi connectivity index (χ1v) is 9.87. The van der Waals surface area contributed by atoms with Crippen molar-refractivity contribution in [2.75, 3.05) is 17.1 Å². The van der Waals surface area contributed by atoms with E-state index in [9.17, 15) is 14.0 Å². The third-order valence-electron chi connectivity index (χ3n) is 5.65. The van der Waals surface area contributed by atoms with E-state index in [-0.39, 0.29) is 11.7 Å².